The highest BCUT2D eigenvalue weighted by molar-refractivity contribution is 5.93. The number of amides is 1. The quantitative estimate of drug-likeness (QED) is 0.689. The van der Waals surface area contributed by atoms with Crippen LogP contribution in [0.3, 0.4) is 0 Å². The summed E-state index contributed by atoms with van der Waals surface area (Å²) in [5.41, 5.74) is 0.719. The minimum Gasteiger partial charge on any atom is -0.380 e. The van der Waals surface area contributed by atoms with Crippen molar-refractivity contribution < 1.29 is 9.53 Å². The minimum absolute atomic E-state index is 0.0373. The van der Waals surface area contributed by atoms with Gasteiger partial charge in [0.15, 0.2) is 0 Å². The van der Waals surface area contributed by atoms with Gasteiger partial charge >= 0.3 is 0 Å². The third-order valence-corrected chi connectivity index (χ3v) is 2.14. The summed E-state index contributed by atoms with van der Waals surface area (Å²) in [6.45, 7) is 3.85. The van der Waals surface area contributed by atoms with Gasteiger partial charge in [0.25, 0.3) is 5.91 Å². The first-order chi connectivity index (χ1) is 7.25. The highest BCUT2D eigenvalue weighted by Crippen LogP contribution is 2.02. The molecule has 0 saturated heterocycles. The smallest absolute Gasteiger partial charge is 0.253 e. The number of hydrogen-bond acceptors (Lipinski definition) is 2. The summed E-state index contributed by atoms with van der Waals surface area (Å²) in [6.07, 6.45) is 0. The van der Waals surface area contributed by atoms with Crippen LogP contribution in [-0.4, -0.2) is 37.6 Å². The number of benzene rings is 1. The molecule has 1 aromatic rings. The van der Waals surface area contributed by atoms with Crippen LogP contribution in [0.5, 0.6) is 0 Å². The van der Waals surface area contributed by atoms with Gasteiger partial charge in [0.1, 0.15) is 0 Å². The highest BCUT2D eigenvalue weighted by atomic mass is 16.5. The summed E-state index contributed by atoms with van der Waals surface area (Å²) in [7, 11) is 1.79. The van der Waals surface area contributed by atoms with Gasteiger partial charge in [0.05, 0.1) is 6.61 Å². The molecule has 0 bridgehead atoms. The molecule has 0 aliphatic carbocycles. The average molecular weight is 207 g/mol. The Balaban J connectivity index is 2.46. The Bertz CT molecular complexity index is 298. The Kier molecular flexibility index (Phi) is 4.84. The van der Waals surface area contributed by atoms with E-state index in [4.69, 9.17) is 4.74 Å². The van der Waals surface area contributed by atoms with E-state index < -0.39 is 0 Å². The lowest BCUT2D eigenvalue weighted by molar-refractivity contribution is 0.0710. The van der Waals surface area contributed by atoms with Crippen LogP contribution in [0.2, 0.25) is 0 Å². The molecule has 0 unspecified atom stereocenters. The number of hydrogen-bond donors (Lipinski definition) is 0. The van der Waals surface area contributed by atoms with E-state index in [0.29, 0.717) is 19.8 Å². The van der Waals surface area contributed by atoms with Crippen LogP contribution >= 0.6 is 0 Å². The predicted molar refractivity (Wildman–Crippen MR) is 59.9 cm³/mol. The fourth-order valence-corrected chi connectivity index (χ4v) is 1.25. The second-order valence-corrected chi connectivity index (χ2v) is 3.29. The van der Waals surface area contributed by atoms with Gasteiger partial charge in [0, 0.05) is 25.8 Å². The van der Waals surface area contributed by atoms with Gasteiger partial charge in [-0.05, 0) is 19.1 Å². The maximum Gasteiger partial charge on any atom is 0.253 e. The molecule has 0 aliphatic rings. The van der Waals surface area contributed by atoms with Gasteiger partial charge in [-0.15, -0.1) is 0 Å². The lowest BCUT2D eigenvalue weighted by Crippen LogP contribution is -2.30. The van der Waals surface area contributed by atoms with Crippen molar-refractivity contribution in [2.75, 3.05) is 26.8 Å². The predicted octanol–water partition coefficient (Wildman–Crippen LogP) is 1.80. The van der Waals surface area contributed by atoms with E-state index in [1.54, 1.807) is 11.9 Å². The van der Waals surface area contributed by atoms with E-state index in [0.717, 1.165) is 5.56 Å². The van der Waals surface area contributed by atoms with Crippen LogP contribution in [0, 0.1) is 0 Å². The van der Waals surface area contributed by atoms with Gasteiger partial charge in [-0.25, -0.2) is 0 Å². The van der Waals surface area contributed by atoms with Crippen LogP contribution < -0.4 is 0 Å². The van der Waals surface area contributed by atoms with Crippen molar-refractivity contribution in [2.24, 2.45) is 0 Å². The maximum atomic E-state index is 11.8. The molecule has 1 rings (SSSR count). The molecule has 1 amide bonds. The second kappa shape index (κ2) is 6.19. The number of carbonyl (C=O) groups excluding carboxylic acids is 1. The fraction of sp³-hybridized carbons (Fsp3) is 0.417. The number of carbonyl (C=O) groups is 1. The molecule has 0 atom stereocenters. The Hall–Kier alpha value is -1.35. The number of nitrogens with zero attached hydrogens (tertiary/aromatic N) is 1. The first-order valence-corrected chi connectivity index (χ1v) is 5.14. The molecular weight excluding hydrogens is 190 g/mol. The highest BCUT2D eigenvalue weighted by Gasteiger charge is 2.09. The first kappa shape index (κ1) is 11.7. The molecule has 0 saturated carbocycles. The third-order valence-electron chi connectivity index (χ3n) is 2.14. The van der Waals surface area contributed by atoms with Crippen molar-refractivity contribution in [3.05, 3.63) is 35.9 Å². The maximum absolute atomic E-state index is 11.8. The van der Waals surface area contributed by atoms with Crippen molar-refractivity contribution in [3.8, 4) is 0 Å². The molecule has 0 fully saturated rings. The zero-order chi connectivity index (χ0) is 11.1. The zero-order valence-electron chi connectivity index (χ0n) is 9.27. The molecule has 3 heteroatoms. The van der Waals surface area contributed by atoms with Crippen LogP contribution in [0.25, 0.3) is 0 Å². The Labute approximate surface area is 90.7 Å². The standard InChI is InChI=1S/C12H17NO2/c1-3-15-10-9-13(2)12(14)11-7-5-4-6-8-11/h4-8H,3,9-10H2,1-2H3. The van der Waals surface area contributed by atoms with Gasteiger partial charge in [-0.3, -0.25) is 4.79 Å². The van der Waals surface area contributed by atoms with Crippen molar-refractivity contribution in [3.63, 3.8) is 0 Å². The fourth-order valence-electron chi connectivity index (χ4n) is 1.25. The van der Waals surface area contributed by atoms with Crippen molar-refractivity contribution in [1.29, 1.82) is 0 Å². The molecule has 0 aliphatic heterocycles. The lowest BCUT2D eigenvalue weighted by atomic mass is 10.2. The molecule has 0 N–H and O–H groups in total. The molecule has 0 spiro atoms. The van der Waals surface area contributed by atoms with E-state index in [1.165, 1.54) is 0 Å². The number of rotatable bonds is 5. The first-order valence-electron chi connectivity index (χ1n) is 5.14. The molecular formula is C12H17NO2. The average Bonchev–Trinajstić information content (AvgIpc) is 2.29. The summed E-state index contributed by atoms with van der Waals surface area (Å²) in [5.74, 6) is 0.0373. The number of ether oxygens (including phenoxy) is 1. The van der Waals surface area contributed by atoms with E-state index in [9.17, 15) is 4.79 Å². The minimum atomic E-state index is 0.0373. The lowest BCUT2D eigenvalue weighted by Gasteiger charge is -2.16. The summed E-state index contributed by atoms with van der Waals surface area (Å²) in [6, 6.07) is 9.27. The van der Waals surface area contributed by atoms with Crippen LogP contribution in [0.15, 0.2) is 30.3 Å². The molecule has 3 nitrogen and oxygen atoms in total. The Morgan fingerprint density at radius 1 is 1.33 bits per heavy atom. The molecule has 15 heavy (non-hydrogen) atoms. The monoisotopic (exact) mass is 207 g/mol. The third kappa shape index (κ3) is 3.72. The topological polar surface area (TPSA) is 29.5 Å². The molecule has 0 aromatic heterocycles. The summed E-state index contributed by atoms with van der Waals surface area (Å²) >= 11 is 0. The van der Waals surface area contributed by atoms with Gasteiger partial charge in [-0.2, -0.15) is 0 Å². The van der Waals surface area contributed by atoms with E-state index >= 15 is 0 Å². The molecule has 1 aromatic carbocycles. The van der Waals surface area contributed by atoms with Gasteiger partial charge in [-0.1, -0.05) is 18.2 Å². The summed E-state index contributed by atoms with van der Waals surface area (Å²) in [4.78, 5) is 13.5. The largest absolute Gasteiger partial charge is 0.380 e. The van der Waals surface area contributed by atoms with Crippen molar-refractivity contribution in [1.82, 2.24) is 4.90 Å². The Morgan fingerprint density at radius 3 is 2.60 bits per heavy atom. The van der Waals surface area contributed by atoms with Gasteiger partial charge < -0.3 is 9.64 Å². The normalized spacial score (nSPS) is 10.0. The van der Waals surface area contributed by atoms with E-state index in [2.05, 4.69) is 0 Å². The molecule has 82 valence electrons. The van der Waals surface area contributed by atoms with E-state index in [-0.39, 0.29) is 5.91 Å². The molecule has 0 heterocycles. The number of likely N-dealkylation sites (N-methyl/N-ethyl adjacent to an activating group) is 1. The Morgan fingerprint density at radius 2 is 2.00 bits per heavy atom. The zero-order valence-corrected chi connectivity index (χ0v) is 9.27. The van der Waals surface area contributed by atoms with Crippen LogP contribution in [0.4, 0.5) is 0 Å². The van der Waals surface area contributed by atoms with Gasteiger partial charge in [0.2, 0.25) is 0 Å². The van der Waals surface area contributed by atoms with Crippen LogP contribution in [0.1, 0.15) is 17.3 Å². The summed E-state index contributed by atoms with van der Waals surface area (Å²) in [5, 5.41) is 0. The van der Waals surface area contributed by atoms with E-state index in [1.807, 2.05) is 37.3 Å². The van der Waals surface area contributed by atoms with Crippen molar-refractivity contribution >= 4 is 5.91 Å². The van der Waals surface area contributed by atoms with Crippen LogP contribution in [-0.2, 0) is 4.74 Å². The van der Waals surface area contributed by atoms with Crippen molar-refractivity contribution in [2.45, 2.75) is 6.92 Å². The SMILES string of the molecule is CCOCCN(C)C(=O)c1ccccc1. The second-order valence-electron chi connectivity index (χ2n) is 3.29. The summed E-state index contributed by atoms with van der Waals surface area (Å²) < 4.78 is 5.20. The molecule has 0 radical (unpaired) electrons.